The summed E-state index contributed by atoms with van der Waals surface area (Å²) in [4.78, 5) is 0. The van der Waals surface area contributed by atoms with Gasteiger partial charge in [-0.3, -0.25) is 0 Å². The average Bonchev–Trinajstić information content (AvgIpc) is 2.28. The SMILES string of the molecule is CCOCCOCCOCC.OCCO. The van der Waals surface area contributed by atoms with Crippen molar-refractivity contribution in [1.82, 2.24) is 0 Å². The minimum atomic E-state index is -0.125. The smallest absolute Gasteiger partial charge is 0.0701 e. The van der Waals surface area contributed by atoms with E-state index < -0.39 is 0 Å². The molecule has 0 radical (unpaired) electrons. The van der Waals surface area contributed by atoms with Crippen LogP contribution in [0.1, 0.15) is 13.8 Å². The van der Waals surface area contributed by atoms with Crippen molar-refractivity contribution in [2.45, 2.75) is 13.8 Å². The summed E-state index contributed by atoms with van der Waals surface area (Å²) >= 11 is 0. The predicted molar refractivity (Wildman–Crippen MR) is 58.0 cm³/mol. The van der Waals surface area contributed by atoms with Gasteiger partial charge in [0.1, 0.15) is 0 Å². The molecule has 0 spiro atoms. The molecule has 0 heterocycles. The minimum Gasteiger partial charge on any atom is -0.394 e. The lowest BCUT2D eigenvalue weighted by molar-refractivity contribution is 0.0195. The third kappa shape index (κ3) is 24.8. The lowest BCUT2D eigenvalue weighted by atomic mass is 10.7. The van der Waals surface area contributed by atoms with E-state index in [4.69, 9.17) is 24.4 Å². The zero-order valence-electron chi connectivity index (χ0n) is 9.78. The topological polar surface area (TPSA) is 68.2 Å². The number of ether oxygens (including phenoxy) is 3. The van der Waals surface area contributed by atoms with Gasteiger partial charge < -0.3 is 24.4 Å². The van der Waals surface area contributed by atoms with Gasteiger partial charge in [0.15, 0.2) is 0 Å². The maximum atomic E-state index is 7.62. The average molecular weight is 224 g/mol. The Hall–Kier alpha value is -0.200. The molecule has 0 rings (SSSR count). The maximum Gasteiger partial charge on any atom is 0.0701 e. The number of aliphatic hydroxyl groups excluding tert-OH is 2. The van der Waals surface area contributed by atoms with Gasteiger partial charge in [-0.1, -0.05) is 0 Å². The Labute approximate surface area is 92.0 Å². The summed E-state index contributed by atoms with van der Waals surface area (Å²) < 4.78 is 15.3. The maximum absolute atomic E-state index is 7.62. The summed E-state index contributed by atoms with van der Waals surface area (Å²) in [5.74, 6) is 0. The fourth-order valence-electron chi connectivity index (χ4n) is 0.626. The second-order valence-electron chi connectivity index (χ2n) is 2.45. The highest BCUT2D eigenvalue weighted by atomic mass is 16.5. The van der Waals surface area contributed by atoms with Crippen LogP contribution in [-0.4, -0.2) is 63.1 Å². The van der Waals surface area contributed by atoms with Crippen LogP contribution >= 0.6 is 0 Å². The Morgan fingerprint density at radius 3 is 1.27 bits per heavy atom. The van der Waals surface area contributed by atoms with Gasteiger partial charge in [0.05, 0.1) is 39.6 Å². The first kappa shape index (κ1) is 17.2. The van der Waals surface area contributed by atoms with Crippen LogP contribution in [0.5, 0.6) is 0 Å². The second-order valence-corrected chi connectivity index (χ2v) is 2.45. The van der Waals surface area contributed by atoms with Gasteiger partial charge in [-0.15, -0.1) is 0 Å². The second kappa shape index (κ2) is 19.4. The molecule has 0 saturated heterocycles. The molecule has 0 aliphatic rings. The van der Waals surface area contributed by atoms with Crippen LogP contribution in [0.2, 0.25) is 0 Å². The highest BCUT2D eigenvalue weighted by Crippen LogP contribution is 1.79. The molecule has 0 bridgehead atoms. The molecule has 2 N–H and O–H groups in total. The van der Waals surface area contributed by atoms with E-state index in [1.807, 2.05) is 13.8 Å². The van der Waals surface area contributed by atoms with Crippen LogP contribution in [0.15, 0.2) is 0 Å². The van der Waals surface area contributed by atoms with Gasteiger partial charge in [0.25, 0.3) is 0 Å². The van der Waals surface area contributed by atoms with Gasteiger partial charge in [-0.25, -0.2) is 0 Å². The van der Waals surface area contributed by atoms with Crippen LogP contribution in [0.3, 0.4) is 0 Å². The molecule has 0 unspecified atom stereocenters. The molecule has 5 heteroatoms. The predicted octanol–water partition coefficient (Wildman–Crippen LogP) is 0.0470. The summed E-state index contributed by atoms with van der Waals surface area (Å²) in [6, 6.07) is 0. The molecular weight excluding hydrogens is 200 g/mol. The molecule has 0 aromatic carbocycles. The van der Waals surface area contributed by atoms with Gasteiger partial charge in [-0.05, 0) is 13.8 Å². The molecule has 0 aliphatic heterocycles. The molecule has 0 amide bonds. The molecule has 0 atom stereocenters. The summed E-state index contributed by atoms with van der Waals surface area (Å²) in [5.41, 5.74) is 0. The number of hydrogen-bond donors (Lipinski definition) is 2. The third-order valence-corrected chi connectivity index (χ3v) is 1.25. The van der Waals surface area contributed by atoms with E-state index in [0.717, 1.165) is 13.2 Å². The van der Waals surface area contributed by atoms with Gasteiger partial charge in [0.2, 0.25) is 0 Å². The highest BCUT2D eigenvalue weighted by molar-refractivity contribution is 4.30. The molecular formula is C10H24O5. The van der Waals surface area contributed by atoms with E-state index >= 15 is 0 Å². The lowest BCUT2D eigenvalue weighted by Gasteiger charge is -2.03. The summed E-state index contributed by atoms with van der Waals surface area (Å²) in [5, 5.41) is 15.2. The van der Waals surface area contributed by atoms with Gasteiger partial charge in [0, 0.05) is 13.2 Å². The highest BCUT2D eigenvalue weighted by Gasteiger charge is 1.87. The monoisotopic (exact) mass is 224 g/mol. The Morgan fingerprint density at radius 1 is 0.667 bits per heavy atom. The molecule has 0 fully saturated rings. The largest absolute Gasteiger partial charge is 0.394 e. The fraction of sp³-hybridized carbons (Fsp3) is 1.00. The van der Waals surface area contributed by atoms with Crippen molar-refractivity contribution < 1.29 is 24.4 Å². The van der Waals surface area contributed by atoms with E-state index in [1.54, 1.807) is 0 Å². The van der Waals surface area contributed by atoms with Crippen LogP contribution < -0.4 is 0 Å². The van der Waals surface area contributed by atoms with Crippen molar-refractivity contribution in [3.63, 3.8) is 0 Å². The van der Waals surface area contributed by atoms with E-state index in [9.17, 15) is 0 Å². The molecule has 0 aromatic heterocycles. The zero-order valence-corrected chi connectivity index (χ0v) is 9.78. The Morgan fingerprint density at radius 2 is 1.00 bits per heavy atom. The Bertz CT molecular complexity index is 79.9. The number of aliphatic hydroxyl groups is 2. The van der Waals surface area contributed by atoms with Crippen LogP contribution in [0, 0.1) is 0 Å². The fourth-order valence-corrected chi connectivity index (χ4v) is 0.626. The van der Waals surface area contributed by atoms with Crippen molar-refractivity contribution >= 4 is 0 Å². The molecule has 0 aliphatic carbocycles. The van der Waals surface area contributed by atoms with Gasteiger partial charge >= 0.3 is 0 Å². The van der Waals surface area contributed by atoms with E-state index in [-0.39, 0.29) is 13.2 Å². The normalized spacial score (nSPS) is 9.60. The quantitative estimate of drug-likeness (QED) is 0.542. The summed E-state index contributed by atoms with van der Waals surface area (Å²) in [7, 11) is 0. The van der Waals surface area contributed by atoms with E-state index in [2.05, 4.69) is 0 Å². The van der Waals surface area contributed by atoms with Crippen LogP contribution in [-0.2, 0) is 14.2 Å². The zero-order chi connectivity index (χ0) is 11.8. The molecule has 0 aromatic rings. The van der Waals surface area contributed by atoms with Crippen LogP contribution in [0.4, 0.5) is 0 Å². The van der Waals surface area contributed by atoms with Crippen molar-refractivity contribution in [3.05, 3.63) is 0 Å². The molecule has 15 heavy (non-hydrogen) atoms. The Balaban J connectivity index is 0. The van der Waals surface area contributed by atoms with Crippen molar-refractivity contribution in [1.29, 1.82) is 0 Å². The van der Waals surface area contributed by atoms with E-state index in [0.29, 0.717) is 26.4 Å². The summed E-state index contributed by atoms with van der Waals surface area (Å²) in [6.07, 6.45) is 0. The molecule has 0 saturated carbocycles. The third-order valence-electron chi connectivity index (χ3n) is 1.25. The van der Waals surface area contributed by atoms with E-state index in [1.165, 1.54) is 0 Å². The Kier molecular flexibility index (Phi) is 22.2. The first-order valence-corrected chi connectivity index (χ1v) is 5.28. The number of rotatable bonds is 9. The first-order valence-electron chi connectivity index (χ1n) is 5.28. The van der Waals surface area contributed by atoms with Crippen LogP contribution in [0.25, 0.3) is 0 Å². The van der Waals surface area contributed by atoms with Gasteiger partial charge in [-0.2, -0.15) is 0 Å². The summed E-state index contributed by atoms with van der Waals surface area (Å²) in [6.45, 7) is 7.91. The van der Waals surface area contributed by atoms with Crippen molar-refractivity contribution in [2.24, 2.45) is 0 Å². The standard InChI is InChI=1S/C8H18O3.C2H6O2/c1-3-9-5-7-11-8-6-10-4-2;3-1-2-4/h3-8H2,1-2H3;3-4H,1-2H2. The minimum absolute atomic E-state index is 0.125. The molecule has 5 nitrogen and oxygen atoms in total. The first-order chi connectivity index (χ1) is 7.33. The van der Waals surface area contributed by atoms with Crippen molar-refractivity contribution in [2.75, 3.05) is 52.9 Å². The van der Waals surface area contributed by atoms with Crippen molar-refractivity contribution in [3.8, 4) is 0 Å². The lowest BCUT2D eigenvalue weighted by Crippen LogP contribution is -2.08. The number of hydrogen-bond acceptors (Lipinski definition) is 5. The molecule has 94 valence electrons.